The fourth-order valence-corrected chi connectivity index (χ4v) is 7.69. The van der Waals surface area contributed by atoms with Crippen LogP contribution in [0.1, 0.15) is 127 Å². The second-order valence-electron chi connectivity index (χ2n) is 11.7. The predicted octanol–water partition coefficient (Wildman–Crippen LogP) is 9.53. The van der Waals surface area contributed by atoms with Gasteiger partial charge in [-0.1, -0.05) is 0 Å². The van der Waals surface area contributed by atoms with Crippen LogP contribution in [0.3, 0.4) is 0 Å². The monoisotopic (exact) mass is 678 g/mol. The summed E-state index contributed by atoms with van der Waals surface area (Å²) in [5.41, 5.74) is 8.41. The van der Waals surface area contributed by atoms with Crippen molar-refractivity contribution < 1.29 is 19.3 Å². The minimum absolute atomic E-state index is 0.368. The van der Waals surface area contributed by atoms with Crippen LogP contribution < -0.4 is 0 Å². The van der Waals surface area contributed by atoms with Crippen molar-refractivity contribution >= 4 is 0 Å². The minimum atomic E-state index is -0.368. The van der Waals surface area contributed by atoms with Gasteiger partial charge in [-0.15, -0.1) is 0 Å². The first-order valence-electron chi connectivity index (χ1n) is 14.2. The molecule has 202 valence electrons. The first kappa shape index (κ1) is 28.0. The molecule has 1 heterocycles. The SMILES string of the molecule is CC(C)c1cccc(C(C)C)c1-n1ccn(-c2c(C(C)C)cccc2C(C)C)[c]1=[Au][C]#CC1CCCC1. The average molecular weight is 679 g/mol. The van der Waals surface area contributed by atoms with Gasteiger partial charge in [-0.25, -0.2) is 0 Å². The van der Waals surface area contributed by atoms with Crippen molar-refractivity contribution in [1.82, 2.24) is 9.13 Å². The van der Waals surface area contributed by atoms with E-state index in [0.717, 1.165) is 0 Å². The topological polar surface area (TPSA) is 9.86 Å². The van der Waals surface area contributed by atoms with E-state index in [1.165, 1.54) is 62.9 Å². The standard InChI is InChI=1S/C27H36N2.C7H9.Au/c1-18(2)22-11-9-12-23(19(3)4)26(22)28-15-16-29(17-28)27-24(20(5)6)13-10-14-25(27)21(7)8;1-2-7-5-3-4-6-7;/h9-16,18-21H,1-8H3;7H,3-6H2;. The Morgan fingerprint density at radius 3 is 1.38 bits per heavy atom. The molecular weight excluding hydrogens is 633 g/mol. The number of imidazole rings is 1. The quantitative estimate of drug-likeness (QED) is 0.182. The van der Waals surface area contributed by atoms with E-state index in [1.54, 1.807) is 0 Å². The molecule has 0 atom stereocenters. The summed E-state index contributed by atoms with van der Waals surface area (Å²) < 4.78 is 10.1. The van der Waals surface area contributed by atoms with Crippen molar-refractivity contribution in [3.8, 4) is 21.4 Å². The Morgan fingerprint density at radius 2 is 1.03 bits per heavy atom. The Bertz CT molecular complexity index is 1210. The molecule has 0 radical (unpaired) electrons. The van der Waals surface area contributed by atoms with Gasteiger partial charge in [-0.2, -0.15) is 0 Å². The van der Waals surface area contributed by atoms with Crippen LogP contribution in [0.5, 0.6) is 0 Å². The summed E-state index contributed by atoms with van der Waals surface area (Å²) in [7, 11) is 0. The summed E-state index contributed by atoms with van der Waals surface area (Å²) in [6, 6.07) is 13.8. The second-order valence-corrected chi connectivity index (χ2v) is 13.8. The molecule has 37 heavy (non-hydrogen) atoms. The summed E-state index contributed by atoms with van der Waals surface area (Å²) in [5, 5.41) is 0. The van der Waals surface area contributed by atoms with Crippen molar-refractivity contribution in [1.29, 1.82) is 0 Å². The Balaban J connectivity index is 2.07. The zero-order valence-electron chi connectivity index (χ0n) is 24.0. The molecule has 1 aromatic heterocycles. The number of para-hydroxylation sites is 2. The maximum atomic E-state index is 3.75. The van der Waals surface area contributed by atoms with E-state index >= 15 is 0 Å². The third-order valence-corrected chi connectivity index (χ3v) is 9.71. The van der Waals surface area contributed by atoms with Crippen molar-refractivity contribution in [2.45, 2.75) is 105 Å². The van der Waals surface area contributed by atoms with Gasteiger partial charge in [0.25, 0.3) is 0 Å². The average Bonchev–Trinajstić information content (AvgIpc) is 3.53. The molecule has 1 aliphatic rings. The van der Waals surface area contributed by atoms with Gasteiger partial charge in [0.15, 0.2) is 0 Å². The molecule has 0 N–H and O–H groups in total. The maximum absolute atomic E-state index is 3.75. The summed E-state index contributed by atoms with van der Waals surface area (Å²) in [6.07, 6.45) is 9.86. The number of rotatable bonds is 6. The molecule has 0 unspecified atom stereocenters. The van der Waals surface area contributed by atoms with Crippen molar-refractivity contribution in [2.24, 2.45) is 5.92 Å². The Kier molecular flexibility index (Phi) is 9.23. The van der Waals surface area contributed by atoms with E-state index < -0.39 is 0 Å². The van der Waals surface area contributed by atoms with Crippen LogP contribution >= 0.6 is 0 Å². The molecule has 4 rings (SSSR count). The molecule has 0 bridgehead atoms. The fraction of sp³-hybridized carbons (Fsp3) is 0.500. The molecular formula is C34H45AuN2. The van der Waals surface area contributed by atoms with Gasteiger partial charge >= 0.3 is 235 Å². The van der Waals surface area contributed by atoms with Gasteiger partial charge in [-0.3, -0.25) is 0 Å². The number of hydrogen-bond donors (Lipinski definition) is 0. The number of aromatic nitrogens is 2. The molecule has 2 aromatic carbocycles. The summed E-state index contributed by atoms with van der Waals surface area (Å²) >= 11 is -0.368. The van der Waals surface area contributed by atoms with Crippen molar-refractivity contribution in [3.63, 3.8) is 0 Å². The zero-order chi connectivity index (χ0) is 26.7. The van der Waals surface area contributed by atoms with Gasteiger partial charge in [0.05, 0.1) is 0 Å². The Morgan fingerprint density at radius 1 is 0.649 bits per heavy atom. The molecule has 1 aliphatic carbocycles. The molecule has 0 aliphatic heterocycles. The third kappa shape index (κ3) is 6.01. The number of hydrogen-bond acceptors (Lipinski definition) is 0. The molecule has 1 fully saturated rings. The molecule has 3 aromatic rings. The Hall–Kier alpha value is -2.05. The van der Waals surface area contributed by atoms with Gasteiger partial charge in [0.1, 0.15) is 0 Å². The molecule has 0 saturated heterocycles. The molecule has 1 saturated carbocycles. The van der Waals surface area contributed by atoms with Crippen molar-refractivity contribution in [2.75, 3.05) is 0 Å². The molecule has 3 heteroatoms. The van der Waals surface area contributed by atoms with Gasteiger partial charge in [-0.05, 0) is 0 Å². The molecule has 0 amide bonds. The third-order valence-electron chi connectivity index (χ3n) is 7.60. The summed E-state index contributed by atoms with van der Waals surface area (Å²) in [4.78, 5) is 0. The normalized spacial score (nSPS) is 14.4. The van der Waals surface area contributed by atoms with E-state index in [0.29, 0.717) is 29.6 Å². The molecule has 0 spiro atoms. The zero-order valence-corrected chi connectivity index (χ0v) is 26.2. The van der Waals surface area contributed by atoms with E-state index in [4.69, 9.17) is 0 Å². The van der Waals surface area contributed by atoms with Gasteiger partial charge in [0.2, 0.25) is 0 Å². The van der Waals surface area contributed by atoms with Crippen LogP contribution in [0, 0.1) is 19.6 Å². The second kappa shape index (κ2) is 12.2. The van der Waals surface area contributed by atoms with E-state index in [-0.39, 0.29) is 19.3 Å². The Labute approximate surface area is 234 Å². The van der Waals surface area contributed by atoms with Crippen LogP contribution in [-0.4, -0.2) is 9.13 Å². The predicted molar refractivity (Wildman–Crippen MR) is 154 cm³/mol. The molecule has 2 nitrogen and oxygen atoms in total. The van der Waals surface area contributed by atoms with Crippen LogP contribution in [0.25, 0.3) is 11.4 Å². The van der Waals surface area contributed by atoms with Crippen LogP contribution in [0.2, 0.25) is 0 Å². The van der Waals surface area contributed by atoms with Gasteiger partial charge in [0, 0.05) is 0 Å². The summed E-state index contributed by atoms with van der Waals surface area (Å²) in [6.45, 7) is 18.5. The first-order chi connectivity index (χ1) is 17.7. The van der Waals surface area contributed by atoms with Crippen LogP contribution in [0.4, 0.5) is 0 Å². The fourth-order valence-electron chi connectivity index (χ4n) is 5.52. The number of benzene rings is 2. The number of nitrogens with zero attached hydrogens (tertiary/aromatic N) is 2. The van der Waals surface area contributed by atoms with Crippen LogP contribution in [-0.2, 0) is 19.3 Å². The van der Waals surface area contributed by atoms with Gasteiger partial charge < -0.3 is 0 Å². The van der Waals surface area contributed by atoms with Crippen molar-refractivity contribution in [3.05, 3.63) is 74.7 Å². The van der Waals surface area contributed by atoms with Crippen LogP contribution in [0.15, 0.2) is 48.8 Å². The van der Waals surface area contributed by atoms with E-state index in [9.17, 15) is 0 Å². The van der Waals surface area contributed by atoms with E-state index in [1.807, 2.05) is 0 Å². The van der Waals surface area contributed by atoms with E-state index in [2.05, 4.69) is 123 Å². The summed E-state index contributed by atoms with van der Waals surface area (Å²) in [5.74, 6) is 6.09. The first-order valence-corrected chi connectivity index (χ1v) is 16.3.